The third kappa shape index (κ3) is 19.1. The summed E-state index contributed by atoms with van der Waals surface area (Å²) in [6, 6.07) is 0. The Kier molecular flexibility index (Phi) is 20.9. The first-order valence-electron chi connectivity index (χ1n) is 11.2. The topological polar surface area (TPSA) is 21.3 Å². The molecule has 0 unspecified atom stereocenters. The van der Waals surface area contributed by atoms with E-state index in [2.05, 4.69) is 56.5 Å². The molecule has 0 fully saturated rings. The van der Waals surface area contributed by atoms with Crippen LogP contribution in [-0.4, -0.2) is 13.2 Å². The van der Waals surface area contributed by atoms with Crippen LogP contribution < -0.4 is 5.32 Å². The van der Waals surface area contributed by atoms with Crippen molar-refractivity contribution in [2.24, 2.45) is 0 Å². The number of hydrogen-bond acceptors (Lipinski definition) is 2. The highest BCUT2D eigenvalue weighted by Gasteiger charge is 1.97. The molecule has 0 heterocycles. The number of unbranched alkanes of at least 4 members (excludes halogenated alkanes) is 8. The molecule has 0 spiro atoms. The van der Waals surface area contributed by atoms with E-state index in [0.29, 0.717) is 0 Å². The Bertz CT molecular complexity index is 357. The van der Waals surface area contributed by atoms with Crippen LogP contribution in [0.1, 0.15) is 104 Å². The molecule has 0 atom stereocenters. The summed E-state index contributed by atoms with van der Waals surface area (Å²) in [5, 5.41) is 3.48. The highest BCUT2D eigenvalue weighted by Crippen LogP contribution is 2.06. The number of nitrogens with one attached hydrogen (secondary N) is 1. The Morgan fingerprint density at radius 3 is 2.08 bits per heavy atom. The number of rotatable bonds is 19. The lowest BCUT2D eigenvalue weighted by Crippen LogP contribution is -2.17. The van der Waals surface area contributed by atoms with Crippen molar-refractivity contribution in [3.05, 3.63) is 36.3 Å². The molecule has 0 radical (unpaired) electrons. The van der Waals surface area contributed by atoms with E-state index in [1.54, 1.807) is 0 Å². The molecule has 0 rings (SSSR count). The summed E-state index contributed by atoms with van der Waals surface area (Å²) >= 11 is 0. The molecule has 1 N–H and O–H groups in total. The van der Waals surface area contributed by atoms with E-state index in [4.69, 9.17) is 4.74 Å². The second kappa shape index (κ2) is 21.9. The van der Waals surface area contributed by atoms with Gasteiger partial charge in [0, 0.05) is 6.54 Å². The molecule has 0 aromatic rings. The van der Waals surface area contributed by atoms with Gasteiger partial charge in [-0.3, -0.25) is 0 Å². The van der Waals surface area contributed by atoms with E-state index in [-0.39, 0.29) is 0 Å². The van der Waals surface area contributed by atoms with E-state index in [1.807, 2.05) is 0 Å². The van der Waals surface area contributed by atoms with Gasteiger partial charge in [-0.1, -0.05) is 83.6 Å². The Morgan fingerprint density at radius 2 is 1.35 bits per heavy atom. The van der Waals surface area contributed by atoms with Gasteiger partial charge in [0.15, 0.2) is 5.88 Å². The zero-order valence-corrected chi connectivity index (χ0v) is 17.9. The average molecular weight is 364 g/mol. The van der Waals surface area contributed by atoms with E-state index in [0.717, 1.165) is 44.7 Å². The molecule has 0 amide bonds. The van der Waals surface area contributed by atoms with Crippen LogP contribution in [0.25, 0.3) is 0 Å². The van der Waals surface area contributed by atoms with Crippen LogP contribution in [0.4, 0.5) is 0 Å². The van der Waals surface area contributed by atoms with Crippen LogP contribution in [0.5, 0.6) is 0 Å². The molecule has 2 heteroatoms. The Balaban J connectivity index is 4.03. The lowest BCUT2D eigenvalue weighted by molar-refractivity contribution is 0.187. The molecule has 0 aliphatic rings. The number of hydrogen-bond donors (Lipinski definition) is 1. The maximum atomic E-state index is 5.99. The molecule has 0 saturated heterocycles. The third-order valence-corrected chi connectivity index (χ3v) is 4.28. The van der Waals surface area contributed by atoms with Crippen LogP contribution in [0.3, 0.4) is 0 Å². The van der Waals surface area contributed by atoms with Gasteiger partial charge in [0.25, 0.3) is 0 Å². The summed E-state index contributed by atoms with van der Waals surface area (Å²) in [6.45, 7) is 8.48. The molecule has 0 bridgehead atoms. The van der Waals surface area contributed by atoms with Crippen molar-refractivity contribution in [1.82, 2.24) is 5.32 Å². The summed E-state index contributed by atoms with van der Waals surface area (Å²) in [4.78, 5) is 0. The highest BCUT2D eigenvalue weighted by atomic mass is 16.5. The standard InChI is InChI=1S/C24H45NO/c1-4-7-10-13-16-19-22-25-24(21-18-15-12-9-6-3)26-23-20-17-14-11-8-5-2/h11,13-14,16,21,25H,4-10,12,15,17-20,22-23H2,1-3H3. The van der Waals surface area contributed by atoms with Crippen molar-refractivity contribution in [3.63, 3.8) is 0 Å². The zero-order chi connectivity index (χ0) is 19.1. The zero-order valence-electron chi connectivity index (χ0n) is 17.9. The summed E-state index contributed by atoms with van der Waals surface area (Å²) in [5.74, 6) is 0.987. The van der Waals surface area contributed by atoms with Gasteiger partial charge in [-0.15, -0.1) is 0 Å². The number of allylic oxidation sites excluding steroid dienone is 4. The Labute approximate surface area is 164 Å². The predicted molar refractivity (Wildman–Crippen MR) is 117 cm³/mol. The molecule has 0 aromatic heterocycles. The number of ether oxygens (including phenoxy) is 1. The summed E-state index contributed by atoms with van der Waals surface area (Å²) in [6.07, 6.45) is 27.2. The fourth-order valence-electron chi connectivity index (χ4n) is 2.61. The smallest absolute Gasteiger partial charge is 0.182 e. The summed E-state index contributed by atoms with van der Waals surface area (Å²) in [7, 11) is 0. The maximum absolute atomic E-state index is 5.99. The van der Waals surface area contributed by atoms with Gasteiger partial charge < -0.3 is 10.1 Å². The van der Waals surface area contributed by atoms with Crippen LogP contribution in [-0.2, 0) is 4.74 Å². The van der Waals surface area contributed by atoms with Gasteiger partial charge in [0.2, 0.25) is 0 Å². The largest absolute Gasteiger partial charge is 0.479 e. The van der Waals surface area contributed by atoms with Gasteiger partial charge in [0.05, 0.1) is 6.61 Å². The average Bonchev–Trinajstić information content (AvgIpc) is 2.65. The summed E-state index contributed by atoms with van der Waals surface area (Å²) in [5.41, 5.74) is 0. The normalized spacial score (nSPS) is 12.3. The molecule has 0 aliphatic heterocycles. The molecular weight excluding hydrogens is 318 g/mol. The maximum Gasteiger partial charge on any atom is 0.182 e. The van der Waals surface area contributed by atoms with Gasteiger partial charge in [-0.25, -0.2) is 0 Å². The van der Waals surface area contributed by atoms with Crippen molar-refractivity contribution in [1.29, 1.82) is 0 Å². The van der Waals surface area contributed by atoms with Gasteiger partial charge in [-0.05, 0) is 51.0 Å². The van der Waals surface area contributed by atoms with Crippen molar-refractivity contribution in [2.75, 3.05) is 13.2 Å². The van der Waals surface area contributed by atoms with E-state index >= 15 is 0 Å². The van der Waals surface area contributed by atoms with E-state index in [1.165, 1.54) is 57.8 Å². The predicted octanol–water partition coefficient (Wildman–Crippen LogP) is 7.68. The van der Waals surface area contributed by atoms with Gasteiger partial charge >= 0.3 is 0 Å². The van der Waals surface area contributed by atoms with Crippen molar-refractivity contribution in [2.45, 2.75) is 104 Å². The van der Waals surface area contributed by atoms with Crippen LogP contribution in [0.2, 0.25) is 0 Å². The van der Waals surface area contributed by atoms with E-state index in [9.17, 15) is 0 Å². The monoisotopic (exact) mass is 363 g/mol. The Hall–Kier alpha value is -1.18. The van der Waals surface area contributed by atoms with E-state index < -0.39 is 0 Å². The molecule has 0 aromatic carbocycles. The second-order valence-corrected chi connectivity index (χ2v) is 7.00. The summed E-state index contributed by atoms with van der Waals surface area (Å²) < 4.78 is 5.99. The molecule has 152 valence electrons. The third-order valence-electron chi connectivity index (χ3n) is 4.28. The molecule has 0 aliphatic carbocycles. The second-order valence-electron chi connectivity index (χ2n) is 7.00. The van der Waals surface area contributed by atoms with Crippen LogP contribution in [0, 0.1) is 0 Å². The fourth-order valence-corrected chi connectivity index (χ4v) is 2.61. The Morgan fingerprint density at radius 1 is 0.654 bits per heavy atom. The van der Waals surface area contributed by atoms with Crippen molar-refractivity contribution in [3.8, 4) is 0 Å². The lowest BCUT2D eigenvalue weighted by atomic mass is 10.1. The van der Waals surface area contributed by atoms with Crippen molar-refractivity contribution >= 4 is 0 Å². The molecule has 2 nitrogen and oxygen atoms in total. The van der Waals surface area contributed by atoms with Crippen LogP contribution in [0.15, 0.2) is 36.3 Å². The van der Waals surface area contributed by atoms with Gasteiger partial charge in [-0.2, -0.15) is 0 Å². The first-order chi connectivity index (χ1) is 12.8. The fraction of sp³-hybridized carbons (Fsp3) is 0.750. The minimum Gasteiger partial charge on any atom is -0.479 e. The highest BCUT2D eigenvalue weighted by molar-refractivity contribution is 4.92. The SMILES string of the molecule is CCCC=CCCCOC(=CCCCCCC)NCCC=CCCCC. The molecule has 0 saturated carbocycles. The minimum atomic E-state index is 0.802. The van der Waals surface area contributed by atoms with Crippen molar-refractivity contribution < 1.29 is 4.74 Å². The molecule has 26 heavy (non-hydrogen) atoms. The lowest BCUT2D eigenvalue weighted by Gasteiger charge is -2.12. The molecular formula is C24H45NO. The van der Waals surface area contributed by atoms with Gasteiger partial charge in [0.1, 0.15) is 0 Å². The quantitative estimate of drug-likeness (QED) is 0.144. The minimum absolute atomic E-state index is 0.802. The van der Waals surface area contributed by atoms with Crippen LogP contribution >= 0.6 is 0 Å². The first-order valence-corrected chi connectivity index (χ1v) is 11.2. The first kappa shape index (κ1) is 24.8.